The van der Waals surface area contributed by atoms with E-state index in [1.165, 1.54) is 19.2 Å². The van der Waals surface area contributed by atoms with Crippen molar-refractivity contribution in [3.05, 3.63) is 70.2 Å². The summed E-state index contributed by atoms with van der Waals surface area (Å²) in [6, 6.07) is 12.0. The molecule has 0 aromatic heterocycles. The van der Waals surface area contributed by atoms with Gasteiger partial charge in [-0.1, -0.05) is 41.9 Å². The molecule has 1 N–H and O–H groups in total. The first-order valence-electron chi connectivity index (χ1n) is 8.01. The average Bonchev–Trinajstić information content (AvgIpc) is 2.61. The predicted octanol–water partition coefficient (Wildman–Crippen LogP) is 4.80. The second-order valence-corrected chi connectivity index (χ2v) is 6.15. The van der Waals surface area contributed by atoms with E-state index < -0.39 is 11.7 Å². The molecule has 7 heteroatoms. The van der Waals surface area contributed by atoms with Crippen LogP contribution in [0.15, 0.2) is 48.5 Å². The summed E-state index contributed by atoms with van der Waals surface area (Å²) in [4.78, 5) is 12.0. The second kappa shape index (κ2) is 9.05. The number of ether oxygens (including phenoxy) is 1. The zero-order valence-corrected chi connectivity index (χ0v) is 14.9. The summed E-state index contributed by atoms with van der Waals surface area (Å²) >= 11 is 6.13. The number of methoxy groups -OCH3 is 1. The molecule has 1 atom stereocenters. The summed E-state index contributed by atoms with van der Waals surface area (Å²) in [6.45, 7) is 0.256. The lowest BCUT2D eigenvalue weighted by molar-refractivity contribution is -0.137. The predicted molar refractivity (Wildman–Crippen MR) is 94.0 cm³/mol. The van der Waals surface area contributed by atoms with Gasteiger partial charge in [0.25, 0.3) is 0 Å². The molecule has 0 saturated carbocycles. The van der Waals surface area contributed by atoms with Crippen molar-refractivity contribution in [1.82, 2.24) is 5.32 Å². The number of aryl methyl sites for hydroxylation is 1. The number of alkyl halides is 3. The Morgan fingerprint density at radius 1 is 1.15 bits per heavy atom. The summed E-state index contributed by atoms with van der Waals surface area (Å²) < 4.78 is 42.9. The van der Waals surface area contributed by atoms with Crippen LogP contribution in [0.25, 0.3) is 0 Å². The molecule has 0 aliphatic carbocycles. The molecule has 0 spiro atoms. The highest BCUT2D eigenvalue weighted by atomic mass is 35.5. The minimum Gasteiger partial charge on any atom is -0.375 e. The van der Waals surface area contributed by atoms with E-state index in [9.17, 15) is 18.0 Å². The Morgan fingerprint density at radius 2 is 1.81 bits per heavy atom. The number of benzene rings is 2. The van der Waals surface area contributed by atoms with Crippen LogP contribution in [0.1, 0.15) is 29.2 Å². The van der Waals surface area contributed by atoms with Crippen LogP contribution in [0, 0.1) is 0 Å². The van der Waals surface area contributed by atoms with Gasteiger partial charge < -0.3 is 10.1 Å². The number of halogens is 4. The Morgan fingerprint density at radius 3 is 2.38 bits per heavy atom. The van der Waals surface area contributed by atoms with Gasteiger partial charge in [0.05, 0.1) is 5.56 Å². The van der Waals surface area contributed by atoms with Crippen LogP contribution >= 0.6 is 11.6 Å². The number of hydrogen-bond acceptors (Lipinski definition) is 2. The molecule has 2 rings (SSSR count). The zero-order chi connectivity index (χ0) is 19.2. The Hall–Kier alpha value is -2.05. The van der Waals surface area contributed by atoms with Crippen molar-refractivity contribution in [2.75, 3.05) is 13.7 Å². The van der Waals surface area contributed by atoms with Crippen molar-refractivity contribution < 1.29 is 22.7 Å². The minimum absolute atomic E-state index is 0.171. The first-order valence-corrected chi connectivity index (χ1v) is 8.39. The van der Waals surface area contributed by atoms with Crippen molar-refractivity contribution >= 4 is 17.5 Å². The molecule has 3 nitrogen and oxygen atoms in total. The fourth-order valence-corrected chi connectivity index (χ4v) is 2.73. The summed E-state index contributed by atoms with van der Waals surface area (Å²) in [5.41, 5.74) is 0.746. The zero-order valence-electron chi connectivity index (χ0n) is 14.1. The molecule has 2 aromatic rings. The normalized spacial score (nSPS) is 12.7. The van der Waals surface area contributed by atoms with E-state index in [0.29, 0.717) is 17.0 Å². The third-order valence-corrected chi connectivity index (χ3v) is 4.29. The molecule has 0 fully saturated rings. The van der Waals surface area contributed by atoms with Gasteiger partial charge >= 0.3 is 6.18 Å². The van der Waals surface area contributed by atoms with E-state index in [1.54, 1.807) is 12.1 Å². The van der Waals surface area contributed by atoms with Crippen molar-refractivity contribution in [3.63, 3.8) is 0 Å². The summed E-state index contributed by atoms with van der Waals surface area (Å²) in [5.74, 6) is -0.209. The molecule has 0 aliphatic heterocycles. The van der Waals surface area contributed by atoms with Crippen molar-refractivity contribution in [2.24, 2.45) is 0 Å². The Labute approximate surface area is 155 Å². The Balaban J connectivity index is 1.84. The first-order chi connectivity index (χ1) is 12.3. The topological polar surface area (TPSA) is 38.3 Å². The summed E-state index contributed by atoms with van der Waals surface area (Å²) in [6.07, 6.45) is -4.21. The highest BCUT2D eigenvalue weighted by Gasteiger charge is 2.29. The van der Waals surface area contributed by atoms with Gasteiger partial charge in [-0.15, -0.1) is 0 Å². The highest BCUT2D eigenvalue weighted by Crippen LogP contribution is 2.29. The van der Waals surface area contributed by atoms with Crippen LogP contribution in [-0.4, -0.2) is 19.6 Å². The third kappa shape index (κ3) is 5.75. The highest BCUT2D eigenvalue weighted by molar-refractivity contribution is 6.31. The fourth-order valence-electron chi connectivity index (χ4n) is 2.47. The molecule has 0 radical (unpaired) electrons. The number of amides is 1. The van der Waals surface area contributed by atoms with Gasteiger partial charge in [-0.3, -0.25) is 4.79 Å². The van der Waals surface area contributed by atoms with E-state index in [4.69, 9.17) is 16.3 Å². The van der Waals surface area contributed by atoms with Crippen LogP contribution in [0.3, 0.4) is 0 Å². The number of nitrogens with one attached hydrogen (secondary N) is 1. The van der Waals surface area contributed by atoms with Crippen LogP contribution in [0.5, 0.6) is 0 Å². The molecule has 0 bridgehead atoms. The van der Waals surface area contributed by atoms with Crippen LogP contribution < -0.4 is 5.32 Å². The van der Waals surface area contributed by atoms with Crippen LogP contribution in [-0.2, 0) is 22.1 Å². The maximum absolute atomic E-state index is 12.5. The third-order valence-electron chi connectivity index (χ3n) is 3.94. The quantitative estimate of drug-likeness (QED) is 0.743. The molecule has 26 heavy (non-hydrogen) atoms. The van der Waals surface area contributed by atoms with Crippen molar-refractivity contribution in [1.29, 1.82) is 0 Å². The largest absolute Gasteiger partial charge is 0.416 e. The summed E-state index contributed by atoms with van der Waals surface area (Å²) in [5, 5.41) is 3.32. The number of rotatable bonds is 7. The molecule has 0 aliphatic rings. The van der Waals surface area contributed by atoms with Gasteiger partial charge in [0, 0.05) is 30.7 Å². The van der Waals surface area contributed by atoms with Crippen LogP contribution in [0.2, 0.25) is 5.02 Å². The fraction of sp³-hybridized carbons (Fsp3) is 0.316. The standard InChI is InChI=1S/C19H19ClF3NO2/c1-26-17(15-4-2-3-5-16(15)20)12-24-18(25)11-8-13-6-9-14(10-7-13)19(21,22)23/h2-7,9-10,17H,8,11-12H2,1H3,(H,24,25). The number of carbonyl (C=O) groups is 1. The SMILES string of the molecule is COC(CNC(=O)CCc1ccc(C(F)(F)F)cc1)c1ccccc1Cl. The monoisotopic (exact) mass is 385 g/mol. The smallest absolute Gasteiger partial charge is 0.375 e. The van der Waals surface area contributed by atoms with E-state index in [-0.39, 0.29) is 25.0 Å². The van der Waals surface area contributed by atoms with Gasteiger partial charge in [0.15, 0.2) is 0 Å². The van der Waals surface area contributed by atoms with Gasteiger partial charge in [0.1, 0.15) is 6.10 Å². The number of carbonyl (C=O) groups excluding carboxylic acids is 1. The van der Waals surface area contributed by atoms with E-state index in [1.807, 2.05) is 12.1 Å². The van der Waals surface area contributed by atoms with Crippen molar-refractivity contribution in [2.45, 2.75) is 25.1 Å². The van der Waals surface area contributed by atoms with Gasteiger partial charge in [-0.25, -0.2) is 0 Å². The van der Waals surface area contributed by atoms with E-state index in [0.717, 1.165) is 17.7 Å². The van der Waals surface area contributed by atoms with E-state index in [2.05, 4.69) is 5.32 Å². The maximum atomic E-state index is 12.5. The summed E-state index contributed by atoms with van der Waals surface area (Å²) in [7, 11) is 1.53. The maximum Gasteiger partial charge on any atom is 0.416 e. The molecule has 2 aromatic carbocycles. The molecule has 1 unspecified atom stereocenters. The lowest BCUT2D eigenvalue weighted by Crippen LogP contribution is -2.29. The average molecular weight is 386 g/mol. The first kappa shape index (κ1) is 20.3. The van der Waals surface area contributed by atoms with E-state index >= 15 is 0 Å². The molecule has 140 valence electrons. The van der Waals surface area contributed by atoms with Crippen LogP contribution in [0.4, 0.5) is 13.2 Å². The minimum atomic E-state index is -4.36. The van der Waals surface area contributed by atoms with Crippen molar-refractivity contribution in [3.8, 4) is 0 Å². The lowest BCUT2D eigenvalue weighted by Gasteiger charge is -2.17. The molecule has 0 saturated heterocycles. The Bertz CT molecular complexity index is 732. The lowest BCUT2D eigenvalue weighted by atomic mass is 10.1. The molecular formula is C19H19ClF3NO2. The molecule has 0 heterocycles. The molecule has 1 amide bonds. The van der Waals surface area contributed by atoms with Gasteiger partial charge in [0.2, 0.25) is 5.91 Å². The van der Waals surface area contributed by atoms with Gasteiger partial charge in [-0.2, -0.15) is 13.2 Å². The number of hydrogen-bond donors (Lipinski definition) is 1. The Kier molecular flexibility index (Phi) is 7.06. The van der Waals surface area contributed by atoms with Gasteiger partial charge in [-0.05, 0) is 30.2 Å². The molecular weight excluding hydrogens is 367 g/mol. The second-order valence-electron chi connectivity index (χ2n) is 5.74.